The molecular formula is C6H9NO3S. The zero-order valence-corrected chi connectivity index (χ0v) is 7.02. The molecule has 4 nitrogen and oxygen atoms in total. The molecule has 0 aromatic rings. The van der Waals surface area contributed by atoms with Crippen LogP contribution in [-0.2, 0) is 14.3 Å². The first-order valence-electron chi connectivity index (χ1n) is 2.98. The van der Waals surface area contributed by atoms with Crippen molar-refractivity contribution in [3.05, 3.63) is 0 Å². The number of ether oxygens (including phenoxy) is 2. The first-order chi connectivity index (χ1) is 5.31. The number of carbonyl (C=O) groups excluding carboxylic acids is 1. The van der Waals surface area contributed by atoms with Crippen LogP contribution < -0.4 is 0 Å². The van der Waals surface area contributed by atoms with E-state index in [4.69, 9.17) is 4.74 Å². The molecule has 62 valence electrons. The Bertz CT molecular complexity index is 165. The molecule has 0 fully saturated rings. The van der Waals surface area contributed by atoms with E-state index in [0.717, 1.165) is 0 Å². The summed E-state index contributed by atoms with van der Waals surface area (Å²) in [6.07, 6.45) is 0. The van der Waals surface area contributed by atoms with Crippen molar-refractivity contribution in [3.63, 3.8) is 0 Å². The molecule has 0 radical (unpaired) electrons. The summed E-state index contributed by atoms with van der Waals surface area (Å²) in [4.78, 5) is 13.7. The molecule has 0 aliphatic rings. The fourth-order valence-electron chi connectivity index (χ4n) is 0.385. The lowest BCUT2D eigenvalue weighted by molar-refractivity contribution is -0.122. The Labute approximate surface area is 70.2 Å². The summed E-state index contributed by atoms with van der Waals surface area (Å²) in [5.74, 6) is -0.420. The summed E-state index contributed by atoms with van der Waals surface area (Å²) in [6.45, 7) is 0.788. The maximum absolute atomic E-state index is 10.5. The van der Waals surface area contributed by atoms with Crippen LogP contribution in [0.25, 0.3) is 0 Å². The topological polar surface area (TPSA) is 47.9 Å². The second-order valence-corrected chi connectivity index (χ2v) is 1.82. The monoisotopic (exact) mass is 175 g/mol. The van der Waals surface area contributed by atoms with Gasteiger partial charge in [-0.05, 0) is 12.2 Å². The molecule has 0 aliphatic heterocycles. The van der Waals surface area contributed by atoms with Crippen molar-refractivity contribution in [3.8, 4) is 0 Å². The van der Waals surface area contributed by atoms with Crippen molar-refractivity contribution < 1.29 is 14.3 Å². The molecule has 0 spiro atoms. The molecule has 1 amide bonds. The summed E-state index contributed by atoms with van der Waals surface area (Å²) in [5, 5.41) is 1.96. The fraction of sp³-hybridized carbons (Fsp3) is 0.667. The highest BCUT2D eigenvalue weighted by molar-refractivity contribution is 7.78. The van der Waals surface area contributed by atoms with Crippen LogP contribution in [0.2, 0.25) is 0 Å². The van der Waals surface area contributed by atoms with E-state index in [1.165, 1.54) is 0 Å². The van der Waals surface area contributed by atoms with E-state index in [1.807, 2.05) is 5.16 Å². The van der Waals surface area contributed by atoms with Gasteiger partial charge >= 0.3 is 0 Å². The third kappa shape index (κ3) is 7.29. The molecule has 0 bridgehead atoms. The van der Waals surface area contributed by atoms with Gasteiger partial charge in [0, 0.05) is 7.11 Å². The van der Waals surface area contributed by atoms with Crippen LogP contribution >= 0.6 is 12.2 Å². The first kappa shape index (κ1) is 10.4. The van der Waals surface area contributed by atoms with E-state index in [2.05, 4.69) is 21.9 Å². The van der Waals surface area contributed by atoms with Crippen LogP contribution in [0.5, 0.6) is 0 Å². The Kier molecular flexibility index (Phi) is 7.08. The Balaban J connectivity index is 3.24. The number of amides is 1. The second-order valence-electron chi connectivity index (χ2n) is 1.64. The Morgan fingerprint density at radius 1 is 1.64 bits per heavy atom. The lowest BCUT2D eigenvalue weighted by Crippen LogP contribution is -2.09. The van der Waals surface area contributed by atoms with E-state index in [0.29, 0.717) is 13.2 Å². The molecule has 0 saturated heterocycles. The molecule has 0 rings (SSSR count). The van der Waals surface area contributed by atoms with Crippen molar-refractivity contribution in [1.29, 1.82) is 0 Å². The van der Waals surface area contributed by atoms with Crippen LogP contribution in [0.3, 0.4) is 0 Å². The molecule has 0 N–H and O–H groups in total. The lowest BCUT2D eigenvalue weighted by Gasteiger charge is -1.97. The van der Waals surface area contributed by atoms with Crippen molar-refractivity contribution in [2.24, 2.45) is 4.99 Å². The van der Waals surface area contributed by atoms with E-state index in [9.17, 15) is 4.79 Å². The highest BCUT2D eigenvalue weighted by Gasteiger charge is 1.96. The third-order valence-corrected chi connectivity index (χ3v) is 0.919. The van der Waals surface area contributed by atoms with Gasteiger partial charge in [-0.2, -0.15) is 4.99 Å². The number of hydrogen-bond donors (Lipinski definition) is 0. The van der Waals surface area contributed by atoms with Crippen LogP contribution in [0.4, 0.5) is 0 Å². The van der Waals surface area contributed by atoms with E-state index < -0.39 is 5.91 Å². The first-order valence-corrected chi connectivity index (χ1v) is 3.39. The molecular weight excluding hydrogens is 166 g/mol. The predicted molar refractivity (Wildman–Crippen MR) is 42.7 cm³/mol. The minimum atomic E-state index is -0.420. The number of rotatable bonds is 5. The predicted octanol–water partition coefficient (Wildman–Crippen LogP) is 0.279. The maximum atomic E-state index is 10.5. The van der Waals surface area contributed by atoms with E-state index in [1.54, 1.807) is 7.11 Å². The molecule has 0 aromatic heterocycles. The van der Waals surface area contributed by atoms with Gasteiger partial charge in [-0.25, -0.2) is 0 Å². The van der Waals surface area contributed by atoms with Crippen LogP contribution in [0.1, 0.15) is 0 Å². The van der Waals surface area contributed by atoms with Gasteiger partial charge in [-0.15, -0.1) is 0 Å². The quantitative estimate of drug-likeness (QED) is 0.342. The number of hydrogen-bond acceptors (Lipinski definition) is 4. The Morgan fingerprint density at radius 3 is 2.91 bits per heavy atom. The van der Waals surface area contributed by atoms with Crippen molar-refractivity contribution in [2.45, 2.75) is 0 Å². The summed E-state index contributed by atoms with van der Waals surface area (Å²) < 4.78 is 9.51. The number of isothiocyanates is 1. The van der Waals surface area contributed by atoms with Gasteiger partial charge in [0.15, 0.2) is 0 Å². The SMILES string of the molecule is COCCOCC(=O)N=C=S. The minimum absolute atomic E-state index is 0.0625. The van der Waals surface area contributed by atoms with Crippen LogP contribution in [0.15, 0.2) is 4.99 Å². The molecule has 0 aromatic carbocycles. The number of thiocarbonyl (C=S) groups is 1. The molecule has 0 atom stereocenters. The molecule has 0 heterocycles. The van der Waals surface area contributed by atoms with Crippen molar-refractivity contribution >= 4 is 23.3 Å². The van der Waals surface area contributed by atoms with Crippen LogP contribution in [0, 0.1) is 0 Å². The van der Waals surface area contributed by atoms with Crippen LogP contribution in [-0.4, -0.2) is 38.0 Å². The normalized spacial score (nSPS) is 8.82. The molecule has 0 unspecified atom stereocenters. The van der Waals surface area contributed by atoms with Crippen molar-refractivity contribution in [1.82, 2.24) is 0 Å². The molecule has 0 saturated carbocycles. The molecule has 0 aliphatic carbocycles. The highest BCUT2D eigenvalue weighted by Crippen LogP contribution is 1.79. The average Bonchev–Trinajstić information content (AvgIpc) is 1.99. The summed E-state index contributed by atoms with van der Waals surface area (Å²) in [7, 11) is 1.56. The summed E-state index contributed by atoms with van der Waals surface area (Å²) in [6, 6.07) is 0. The van der Waals surface area contributed by atoms with Crippen molar-refractivity contribution in [2.75, 3.05) is 26.9 Å². The van der Waals surface area contributed by atoms with Gasteiger partial charge in [0.05, 0.1) is 18.4 Å². The Morgan fingerprint density at radius 2 is 2.36 bits per heavy atom. The largest absolute Gasteiger partial charge is 0.382 e. The smallest absolute Gasteiger partial charge is 0.280 e. The van der Waals surface area contributed by atoms with E-state index >= 15 is 0 Å². The van der Waals surface area contributed by atoms with Gasteiger partial charge in [0.2, 0.25) is 0 Å². The average molecular weight is 175 g/mol. The van der Waals surface area contributed by atoms with Gasteiger partial charge in [-0.1, -0.05) is 0 Å². The minimum Gasteiger partial charge on any atom is -0.382 e. The van der Waals surface area contributed by atoms with Gasteiger partial charge in [-0.3, -0.25) is 4.79 Å². The third-order valence-electron chi connectivity index (χ3n) is 0.828. The van der Waals surface area contributed by atoms with Gasteiger partial charge < -0.3 is 9.47 Å². The molecule has 5 heteroatoms. The number of methoxy groups -OCH3 is 1. The number of aliphatic imine (C=N–C) groups is 1. The number of nitrogens with zero attached hydrogens (tertiary/aromatic N) is 1. The maximum Gasteiger partial charge on any atom is 0.280 e. The molecule has 11 heavy (non-hydrogen) atoms. The zero-order valence-electron chi connectivity index (χ0n) is 6.20. The highest BCUT2D eigenvalue weighted by atomic mass is 32.1. The summed E-state index contributed by atoms with van der Waals surface area (Å²) >= 11 is 4.21. The lowest BCUT2D eigenvalue weighted by atomic mass is 10.6. The van der Waals surface area contributed by atoms with Gasteiger partial charge in [0.25, 0.3) is 5.91 Å². The standard InChI is InChI=1S/C6H9NO3S/c1-9-2-3-10-4-6(8)7-5-11/h2-4H2,1H3. The second kappa shape index (κ2) is 7.50. The summed E-state index contributed by atoms with van der Waals surface area (Å²) in [5.41, 5.74) is 0. The Hall–Kier alpha value is -0.610. The zero-order chi connectivity index (χ0) is 8.53. The number of carbonyl (C=O) groups is 1. The van der Waals surface area contributed by atoms with E-state index in [-0.39, 0.29) is 6.61 Å². The fourth-order valence-corrected chi connectivity index (χ4v) is 0.487. The van der Waals surface area contributed by atoms with Gasteiger partial charge in [0.1, 0.15) is 6.61 Å².